The van der Waals surface area contributed by atoms with Gasteiger partial charge in [-0.3, -0.25) is 14.5 Å². The average Bonchev–Trinajstić information content (AvgIpc) is 2.76. The van der Waals surface area contributed by atoms with E-state index in [9.17, 15) is 9.59 Å². The number of carbonyl (C=O) groups is 2. The van der Waals surface area contributed by atoms with Gasteiger partial charge in [-0.25, -0.2) is 0 Å². The lowest BCUT2D eigenvalue weighted by Crippen LogP contribution is -2.40. The van der Waals surface area contributed by atoms with E-state index in [0.717, 1.165) is 50.4 Å². The monoisotopic (exact) mass is 381 g/mol. The molecule has 0 saturated carbocycles. The van der Waals surface area contributed by atoms with Crippen LogP contribution in [0.25, 0.3) is 11.1 Å². The minimum atomic E-state index is -0.247. The lowest BCUT2D eigenvalue weighted by molar-refractivity contribution is -0.120. The van der Waals surface area contributed by atoms with Gasteiger partial charge in [-0.15, -0.1) is 0 Å². The molecular formula is C22H27N3O3. The fraction of sp³-hybridized carbons (Fsp3) is 0.364. The highest BCUT2D eigenvalue weighted by Gasteiger charge is 2.10. The molecule has 0 atom stereocenters. The Bertz CT molecular complexity index is 756. The SMILES string of the molecule is O=C(CNC(=O)c1ccc(-c2ccccc2)cc1)NCCCN1CCOCC1. The van der Waals surface area contributed by atoms with Crippen LogP contribution in [0.3, 0.4) is 0 Å². The summed E-state index contributed by atoms with van der Waals surface area (Å²) >= 11 is 0. The van der Waals surface area contributed by atoms with Crippen LogP contribution in [0.15, 0.2) is 54.6 Å². The minimum Gasteiger partial charge on any atom is -0.379 e. The zero-order chi connectivity index (χ0) is 19.6. The number of rotatable bonds is 8. The Balaban J connectivity index is 1.35. The van der Waals surface area contributed by atoms with Crippen LogP contribution >= 0.6 is 0 Å². The topological polar surface area (TPSA) is 70.7 Å². The maximum absolute atomic E-state index is 12.2. The number of hydrogen-bond acceptors (Lipinski definition) is 4. The van der Waals surface area contributed by atoms with Gasteiger partial charge in [-0.05, 0) is 36.2 Å². The highest BCUT2D eigenvalue weighted by molar-refractivity contribution is 5.96. The van der Waals surface area contributed by atoms with Gasteiger partial charge in [0.05, 0.1) is 19.8 Å². The maximum atomic E-state index is 12.2. The third-order valence-corrected chi connectivity index (χ3v) is 4.74. The lowest BCUT2D eigenvalue weighted by Gasteiger charge is -2.26. The molecule has 3 rings (SSSR count). The molecule has 0 aromatic heterocycles. The van der Waals surface area contributed by atoms with Crippen molar-refractivity contribution in [2.75, 3.05) is 45.9 Å². The van der Waals surface area contributed by atoms with Crippen molar-refractivity contribution in [1.82, 2.24) is 15.5 Å². The fourth-order valence-corrected chi connectivity index (χ4v) is 3.13. The second-order valence-corrected chi connectivity index (χ2v) is 6.78. The van der Waals surface area contributed by atoms with E-state index in [1.807, 2.05) is 42.5 Å². The van der Waals surface area contributed by atoms with Crippen LogP contribution in [-0.4, -0.2) is 62.7 Å². The molecule has 1 heterocycles. The third kappa shape index (κ3) is 6.18. The smallest absolute Gasteiger partial charge is 0.251 e. The van der Waals surface area contributed by atoms with Crippen molar-refractivity contribution in [1.29, 1.82) is 0 Å². The maximum Gasteiger partial charge on any atom is 0.251 e. The lowest BCUT2D eigenvalue weighted by atomic mass is 10.0. The summed E-state index contributed by atoms with van der Waals surface area (Å²) in [5.41, 5.74) is 2.70. The highest BCUT2D eigenvalue weighted by atomic mass is 16.5. The number of amides is 2. The van der Waals surface area contributed by atoms with Gasteiger partial charge in [0.2, 0.25) is 5.91 Å². The molecule has 0 aliphatic carbocycles. The van der Waals surface area contributed by atoms with Crippen LogP contribution in [0.5, 0.6) is 0 Å². The van der Waals surface area contributed by atoms with Gasteiger partial charge < -0.3 is 15.4 Å². The van der Waals surface area contributed by atoms with E-state index in [4.69, 9.17) is 4.74 Å². The van der Waals surface area contributed by atoms with Crippen molar-refractivity contribution in [3.63, 3.8) is 0 Å². The molecule has 148 valence electrons. The fourth-order valence-electron chi connectivity index (χ4n) is 3.13. The first kappa shape index (κ1) is 20.0. The van der Waals surface area contributed by atoms with E-state index in [1.165, 1.54) is 0 Å². The molecule has 6 heteroatoms. The van der Waals surface area contributed by atoms with Gasteiger partial charge in [0, 0.05) is 25.2 Å². The number of nitrogens with one attached hydrogen (secondary N) is 2. The van der Waals surface area contributed by atoms with E-state index in [0.29, 0.717) is 12.1 Å². The summed E-state index contributed by atoms with van der Waals surface area (Å²) in [5, 5.41) is 5.52. The molecule has 6 nitrogen and oxygen atoms in total. The number of hydrogen-bond donors (Lipinski definition) is 2. The Hall–Kier alpha value is -2.70. The van der Waals surface area contributed by atoms with Crippen LogP contribution in [-0.2, 0) is 9.53 Å². The first-order valence-corrected chi connectivity index (χ1v) is 9.73. The molecule has 0 spiro atoms. The number of ether oxygens (including phenoxy) is 1. The minimum absolute atomic E-state index is 0.0170. The highest BCUT2D eigenvalue weighted by Crippen LogP contribution is 2.19. The summed E-state index contributed by atoms with van der Waals surface area (Å²) in [6, 6.07) is 17.4. The van der Waals surface area contributed by atoms with Crippen LogP contribution in [0.4, 0.5) is 0 Å². The van der Waals surface area contributed by atoms with Crippen molar-refractivity contribution in [3.8, 4) is 11.1 Å². The molecule has 0 radical (unpaired) electrons. The van der Waals surface area contributed by atoms with Crippen molar-refractivity contribution in [2.24, 2.45) is 0 Å². The first-order chi connectivity index (χ1) is 13.7. The largest absolute Gasteiger partial charge is 0.379 e. The van der Waals surface area contributed by atoms with Gasteiger partial charge in [-0.2, -0.15) is 0 Å². The molecule has 2 aromatic rings. The van der Waals surface area contributed by atoms with Crippen LogP contribution < -0.4 is 10.6 Å². The van der Waals surface area contributed by atoms with Gasteiger partial charge in [-0.1, -0.05) is 42.5 Å². The number of carbonyl (C=O) groups excluding carboxylic acids is 2. The van der Waals surface area contributed by atoms with E-state index >= 15 is 0 Å². The van der Waals surface area contributed by atoms with E-state index in [-0.39, 0.29) is 18.4 Å². The predicted molar refractivity (Wildman–Crippen MR) is 109 cm³/mol. The van der Waals surface area contributed by atoms with Crippen LogP contribution in [0, 0.1) is 0 Å². The Morgan fingerprint density at radius 1 is 0.893 bits per heavy atom. The van der Waals surface area contributed by atoms with E-state index in [2.05, 4.69) is 15.5 Å². The third-order valence-electron chi connectivity index (χ3n) is 4.74. The zero-order valence-corrected chi connectivity index (χ0v) is 16.0. The summed E-state index contributed by atoms with van der Waals surface area (Å²) in [7, 11) is 0. The second kappa shape index (κ2) is 10.6. The van der Waals surface area contributed by atoms with Gasteiger partial charge in [0.15, 0.2) is 0 Å². The standard InChI is InChI=1S/C22H27N3O3/c26-21(23-11-4-12-25-13-15-28-16-14-25)17-24-22(27)20-9-7-19(8-10-20)18-5-2-1-3-6-18/h1-3,5-10H,4,11-17H2,(H,23,26)(H,24,27). The zero-order valence-electron chi connectivity index (χ0n) is 16.0. The molecular weight excluding hydrogens is 354 g/mol. The molecule has 1 fully saturated rings. The average molecular weight is 381 g/mol. The molecule has 2 amide bonds. The first-order valence-electron chi connectivity index (χ1n) is 9.73. The Morgan fingerprint density at radius 2 is 1.57 bits per heavy atom. The summed E-state index contributed by atoms with van der Waals surface area (Å²) in [6.07, 6.45) is 0.890. The van der Waals surface area contributed by atoms with E-state index < -0.39 is 0 Å². The normalized spacial score (nSPS) is 14.4. The van der Waals surface area contributed by atoms with Crippen LogP contribution in [0.1, 0.15) is 16.8 Å². The molecule has 1 saturated heterocycles. The van der Waals surface area contributed by atoms with Crippen LogP contribution in [0.2, 0.25) is 0 Å². The second-order valence-electron chi connectivity index (χ2n) is 6.78. The van der Waals surface area contributed by atoms with Crippen molar-refractivity contribution < 1.29 is 14.3 Å². The van der Waals surface area contributed by atoms with Crippen molar-refractivity contribution in [2.45, 2.75) is 6.42 Å². The number of nitrogens with zero attached hydrogens (tertiary/aromatic N) is 1. The number of morpholine rings is 1. The molecule has 1 aliphatic heterocycles. The van der Waals surface area contributed by atoms with Gasteiger partial charge in [0.1, 0.15) is 0 Å². The van der Waals surface area contributed by atoms with Crippen molar-refractivity contribution >= 4 is 11.8 Å². The summed E-state index contributed by atoms with van der Waals surface area (Å²) in [5.74, 6) is -0.417. The Morgan fingerprint density at radius 3 is 2.29 bits per heavy atom. The Kier molecular flexibility index (Phi) is 7.58. The molecule has 28 heavy (non-hydrogen) atoms. The molecule has 1 aliphatic rings. The summed E-state index contributed by atoms with van der Waals surface area (Å²) in [6.45, 7) is 5.01. The predicted octanol–water partition coefficient (Wildman–Crippen LogP) is 1.92. The van der Waals surface area contributed by atoms with E-state index in [1.54, 1.807) is 12.1 Å². The quantitative estimate of drug-likeness (QED) is 0.686. The van der Waals surface area contributed by atoms with Gasteiger partial charge in [0.25, 0.3) is 5.91 Å². The summed E-state index contributed by atoms with van der Waals surface area (Å²) in [4.78, 5) is 26.5. The van der Waals surface area contributed by atoms with Crippen molar-refractivity contribution in [3.05, 3.63) is 60.2 Å². The molecule has 0 unspecified atom stereocenters. The molecule has 2 N–H and O–H groups in total. The van der Waals surface area contributed by atoms with Gasteiger partial charge >= 0.3 is 0 Å². The number of benzene rings is 2. The Labute approximate surface area is 165 Å². The molecule has 0 bridgehead atoms. The molecule has 2 aromatic carbocycles. The summed E-state index contributed by atoms with van der Waals surface area (Å²) < 4.78 is 5.31.